The quantitative estimate of drug-likeness (QED) is 0.688. The number of hydrogen-bond acceptors (Lipinski definition) is 6. The Morgan fingerprint density at radius 2 is 1.97 bits per heavy atom. The highest BCUT2D eigenvalue weighted by atomic mass is 32.1. The van der Waals surface area contributed by atoms with Crippen molar-refractivity contribution in [3.63, 3.8) is 0 Å². The summed E-state index contributed by atoms with van der Waals surface area (Å²) in [7, 11) is 1.61. The Labute approximate surface area is 178 Å². The van der Waals surface area contributed by atoms with E-state index in [1.165, 1.54) is 16.2 Å². The maximum absolute atomic E-state index is 12.7. The summed E-state index contributed by atoms with van der Waals surface area (Å²) in [6, 6.07) is 7.16. The number of hydrogen-bond donors (Lipinski definition) is 2. The molecule has 1 saturated carbocycles. The van der Waals surface area contributed by atoms with E-state index in [1.54, 1.807) is 7.11 Å². The Morgan fingerprint density at radius 3 is 2.63 bits per heavy atom. The lowest BCUT2D eigenvalue weighted by molar-refractivity contribution is -0.131. The van der Waals surface area contributed by atoms with Gasteiger partial charge in [0, 0.05) is 23.4 Å². The highest BCUT2D eigenvalue weighted by molar-refractivity contribution is 7.16. The van der Waals surface area contributed by atoms with Gasteiger partial charge in [-0.05, 0) is 44.0 Å². The Balaban J connectivity index is 1.36. The van der Waals surface area contributed by atoms with Crippen LogP contribution in [0, 0.1) is 6.92 Å². The third kappa shape index (κ3) is 3.77. The summed E-state index contributed by atoms with van der Waals surface area (Å²) < 4.78 is 5.18. The fourth-order valence-corrected chi connectivity index (χ4v) is 4.91. The first kappa shape index (κ1) is 20.3. The predicted octanol–water partition coefficient (Wildman–Crippen LogP) is 3.32. The smallest absolute Gasteiger partial charge is 0.325 e. The highest BCUT2D eigenvalue weighted by Crippen LogP contribution is 2.35. The number of imide groups is 1. The van der Waals surface area contributed by atoms with Gasteiger partial charge in [-0.15, -0.1) is 11.3 Å². The summed E-state index contributed by atoms with van der Waals surface area (Å²) >= 11 is 1.39. The third-order valence-corrected chi connectivity index (χ3v) is 6.56. The number of rotatable bonds is 6. The van der Waals surface area contributed by atoms with Crippen LogP contribution in [0.1, 0.15) is 37.0 Å². The monoisotopic (exact) mass is 428 g/mol. The van der Waals surface area contributed by atoms with Gasteiger partial charge in [0.05, 0.1) is 12.8 Å². The number of methoxy groups -OCH3 is 1. The number of nitrogens with one attached hydrogen (secondary N) is 2. The number of thiazole rings is 1. The normalized spacial score (nSPS) is 17.5. The molecule has 0 bridgehead atoms. The summed E-state index contributed by atoms with van der Waals surface area (Å²) in [6.45, 7) is 2.01. The Kier molecular flexibility index (Phi) is 5.46. The van der Waals surface area contributed by atoms with Crippen molar-refractivity contribution in [1.82, 2.24) is 15.2 Å². The zero-order valence-corrected chi connectivity index (χ0v) is 17.8. The van der Waals surface area contributed by atoms with Crippen LogP contribution in [-0.4, -0.2) is 46.9 Å². The zero-order valence-electron chi connectivity index (χ0n) is 17.0. The zero-order chi connectivity index (χ0) is 21.3. The van der Waals surface area contributed by atoms with Crippen LogP contribution in [0.3, 0.4) is 0 Å². The van der Waals surface area contributed by atoms with Gasteiger partial charge in [0.1, 0.15) is 11.3 Å². The molecule has 0 radical (unpaired) electrons. The molecule has 2 aromatic rings. The maximum Gasteiger partial charge on any atom is 0.325 e. The van der Waals surface area contributed by atoms with Crippen LogP contribution in [0.5, 0.6) is 5.75 Å². The van der Waals surface area contributed by atoms with E-state index >= 15 is 0 Å². The first-order chi connectivity index (χ1) is 14.4. The molecule has 9 heteroatoms. The van der Waals surface area contributed by atoms with Crippen molar-refractivity contribution in [3.8, 4) is 17.0 Å². The standard InChI is InChI=1S/C21H24N4O4S/c1-13-17(14-5-7-15(29-2)8-6-14)23-19(30-13)22-16(26)9-12-25-18(27)21(24-20(25)28)10-3-4-11-21/h5-8H,3-4,9-12H2,1-2H3,(H,24,28)(H,22,23,26). The molecule has 1 aromatic carbocycles. The van der Waals surface area contributed by atoms with Crippen LogP contribution in [0.15, 0.2) is 24.3 Å². The molecule has 1 aliphatic heterocycles. The number of carbonyl (C=O) groups is 3. The first-order valence-electron chi connectivity index (χ1n) is 9.98. The van der Waals surface area contributed by atoms with Crippen molar-refractivity contribution in [2.75, 3.05) is 19.0 Å². The van der Waals surface area contributed by atoms with Gasteiger partial charge < -0.3 is 15.4 Å². The number of amides is 4. The fraction of sp³-hybridized carbons (Fsp3) is 0.429. The summed E-state index contributed by atoms with van der Waals surface area (Å²) in [4.78, 5) is 43.9. The van der Waals surface area contributed by atoms with Crippen LogP contribution >= 0.6 is 11.3 Å². The van der Waals surface area contributed by atoms with Gasteiger partial charge in [0.2, 0.25) is 5.91 Å². The molecule has 2 heterocycles. The largest absolute Gasteiger partial charge is 0.497 e. The van der Waals surface area contributed by atoms with Crippen molar-refractivity contribution >= 4 is 34.3 Å². The topological polar surface area (TPSA) is 101 Å². The van der Waals surface area contributed by atoms with E-state index < -0.39 is 11.6 Å². The fourth-order valence-electron chi connectivity index (χ4n) is 4.06. The van der Waals surface area contributed by atoms with E-state index in [4.69, 9.17) is 4.74 Å². The third-order valence-electron chi connectivity index (χ3n) is 5.67. The number of benzene rings is 1. The minimum absolute atomic E-state index is 0.0335. The lowest BCUT2D eigenvalue weighted by Crippen LogP contribution is -2.44. The van der Waals surface area contributed by atoms with E-state index in [0.717, 1.165) is 34.7 Å². The molecule has 0 unspecified atom stereocenters. The van der Waals surface area contributed by atoms with Gasteiger partial charge in [0.15, 0.2) is 5.13 Å². The molecule has 8 nitrogen and oxygen atoms in total. The number of carbonyl (C=O) groups excluding carboxylic acids is 3. The van der Waals surface area contributed by atoms with Crippen LogP contribution in [0.4, 0.5) is 9.93 Å². The van der Waals surface area contributed by atoms with Crippen molar-refractivity contribution in [2.45, 2.75) is 44.6 Å². The highest BCUT2D eigenvalue weighted by Gasteiger charge is 2.52. The number of nitrogens with zero attached hydrogens (tertiary/aromatic N) is 2. The Bertz CT molecular complexity index is 979. The summed E-state index contributed by atoms with van der Waals surface area (Å²) in [6.07, 6.45) is 3.24. The van der Waals surface area contributed by atoms with E-state index in [-0.39, 0.29) is 24.8 Å². The second-order valence-electron chi connectivity index (χ2n) is 7.63. The molecule has 1 aromatic heterocycles. The molecule has 0 atom stereocenters. The lowest BCUT2D eigenvalue weighted by Gasteiger charge is -2.19. The van der Waals surface area contributed by atoms with Gasteiger partial charge in [0.25, 0.3) is 5.91 Å². The SMILES string of the molecule is COc1ccc(-c2nc(NC(=O)CCN3C(=O)NC4(CCCC4)C3=O)sc2C)cc1. The van der Waals surface area contributed by atoms with Gasteiger partial charge in [-0.1, -0.05) is 12.8 Å². The van der Waals surface area contributed by atoms with Crippen molar-refractivity contribution in [2.24, 2.45) is 0 Å². The second kappa shape index (κ2) is 8.06. The van der Waals surface area contributed by atoms with E-state index in [0.29, 0.717) is 18.0 Å². The van der Waals surface area contributed by atoms with Gasteiger partial charge in [-0.25, -0.2) is 9.78 Å². The number of aryl methyl sites for hydroxylation is 1. The molecule has 4 rings (SSSR count). The molecular formula is C21H24N4O4S. The Hall–Kier alpha value is -2.94. The first-order valence-corrected chi connectivity index (χ1v) is 10.8. The van der Waals surface area contributed by atoms with Crippen molar-refractivity contribution < 1.29 is 19.1 Å². The second-order valence-corrected chi connectivity index (χ2v) is 8.83. The molecule has 2 N–H and O–H groups in total. The molecule has 1 aliphatic carbocycles. The summed E-state index contributed by atoms with van der Waals surface area (Å²) in [5, 5.41) is 6.10. The molecular weight excluding hydrogens is 404 g/mol. The maximum atomic E-state index is 12.7. The van der Waals surface area contributed by atoms with Gasteiger partial charge >= 0.3 is 6.03 Å². The van der Waals surface area contributed by atoms with Crippen LogP contribution in [-0.2, 0) is 9.59 Å². The lowest BCUT2D eigenvalue weighted by atomic mass is 9.98. The van der Waals surface area contributed by atoms with Crippen molar-refractivity contribution in [1.29, 1.82) is 0 Å². The van der Waals surface area contributed by atoms with E-state index in [2.05, 4.69) is 15.6 Å². The number of aromatic nitrogens is 1. The molecule has 158 valence electrons. The minimum atomic E-state index is -0.743. The minimum Gasteiger partial charge on any atom is -0.497 e. The Morgan fingerprint density at radius 1 is 1.27 bits per heavy atom. The molecule has 4 amide bonds. The predicted molar refractivity (Wildman–Crippen MR) is 114 cm³/mol. The van der Waals surface area contributed by atoms with Crippen LogP contribution < -0.4 is 15.4 Å². The molecule has 1 spiro atoms. The van der Waals surface area contributed by atoms with Crippen LogP contribution in [0.25, 0.3) is 11.3 Å². The molecule has 2 aliphatic rings. The summed E-state index contributed by atoms with van der Waals surface area (Å²) in [5.41, 5.74) is 0.995. The number of urea groups is 1. The average molecular weight is 429 g/mol. The van der Waals surface area contributed by atoms with E-state index in [9.17, 15) is 14.4 Å². The summed E-state index contributed by atoms with van der Waals surface area (Å²) in [5.74, 6) is 0.280. The average Bonchev–Trinajstić information content (AvgIpc) is 3.40. The number of ether oxygens (including phenoxy) is 1. The van der Waals surface area contributed by atoms with E-state index in [1.807, 2.05) is 31.2 Å². The molecule has 1 saturated heterocycles. The van der Waals surface area contributed by atoms with Crippen molar-refractivity contribution in [3.05, 3.63) is 29.1 Å². The molecule has 30 heavy (non-hydrogen) atoms. The van der Waals surface area contributed by atoms with Gasteiger partial charge in [-0.2, -0.15) is 0 Å². The van der Waals surface area contributed by atoms with Gasteiger partial charge in [-0.3, -0.25) is 14.5 Å². The van der Waals surface area contributed by atoms with Crippen LogP contribution in [0.2, 0.25) is 0 Å². The molecule has 2 fully saturated rings. The number of anilines is 1.